The number of anilines is 1. The van der Waals surface area contributed by atoms with Crippen molar-refractivity contribution in [3.63, 3.8) is 0 Å². The molecule has 0 bridgehead atoms. The maximum Gasteiger partial charge on any atom is 0.338 e. The van der Waals surface area contributed by atoms with Crippen molar-refractivity contribution in [3.05, 3.63) is 90.6 Å². The summed E-state index contributed by atoms with van der Waals surface area (Å²) in [7, 11) is 1.60. The number of aromatic nitrogens is 1. The zero-order valence-electron chi connectivity index (χ0n) is 21.3. The summed E-state index contributed by atoms with van der Waals surface area (Å²) in [5.41, 5.74) is 3.58. The first kappa shape index (κ1) is 25.4. The smallest absolute Gasteiger partial charge is 0.338 e. The molecule has 2 aromatic carbocycles. The van der Waals surface area contributed by atoms with Gasteiger partial charge in [0.15, 0.2) is 4.80 Å². The lowest BCUT2D eigenvalue weighted by molar-refractivity contribution is -0.139. The molecule has 4 rings (SSSR count). The SMILES string of the molecule is CCOC(=O)C1=C(C)N=c2s/c(=C/c3ccc(N(CC)CC)cc3)c(=O)n2[C@@H]1c1ccc(OC)cc1. The number of carbonyl (C=O) groups is 1. The highest BCUT2D eigenvalue weighted by Crippen LogP contribution is 2.31. The number of allylic oxidation sites excluding steroid dienone is 1. The average molecular weight is 506 g/mol. The summed E-state index contributed by atoms with van der Waals surface area (Å²) >= 11 is 1.32. The predicted molar refractivity (Wildman–Crippen MR) is 143 cm³/mol. The van der Waals surface area contributed by atoms with Crippen molar-refractivity contribution in [1.82, 2.24) is 4.57 Å². The van der Waals surface area contributed by atoms with Crippen LogP contribution in [0.1, 0.15) is 44.9 Å². The number of carbonyl (C=O) groups excluding carboxylic acids is 1. The quantitative estimate of drug-likeness (QED) is 0.437. The number of rotatable bonds is 8. The van der Waals surface area contributed by atoms with E-state index in [0.29, 0.717) is 26.4 Å². The first-order chi connectivity index (χ1) is 17.4. The Bertz CT molecular complexity index is 1450. The van der Waals surface area contributed by atoms with E-state index in [4.69, 9.17) is 9.47 Å². The third kappa shape index (κ3) is 4.86. The Morgan fingerprint density at radius 1 is 1.08 bits per heavy atom. The van der Waals surface area contributed by atoms with E-state index in [2.05, 4.69) is 35.9 Å². The second kappa shape index (κ2) is 11.0. The normalized spacial score (nSPS) is 15.4. The molecule has 36 heavy (non-hydrogen) atoms. The van der Waals surface area contributed by atoms with Gasteiger partial charge >= 0.3 is 5.97 Å². The molecule has 0 saturated heterocycles. The molecule has 0 amide bonds. The van der Waals surface area contributed by atoms with Crippen LogP contribution >= 0.6 is 11.3 Å². The fourth-order valence-electron chi connectivity index (χ4n) is 4.41. The number of esters is 1. The molecule has 0 fully saturated rings. The van der Waals surface area contributed by atoms with E-state index < -0.39 is 12.0 Å². The van der Waals surface area contributed by atoms with Gasteiger partial charge < -0.3 is 14.4 Å². The Kier molecular flexibility index (Phi) is 7.74. The van der Waals surface area contributed by atoms with E-state index in [0.717, 1.165) is 29.9 Å². The Balaban J connectivity index is 1.84. The van der Waals surface area contributed by atoms with Gasteiger partial charge in [0.1, 0.15) is 5.75 Å². The summed E-state index contributed by atoms with van der Waals surface area (Å²) in [5, 5.41) is 0. The lowest BCUT2D eigenvalue weighted by Gasteiger charge is -2.24. The fraction of sp³-hybridized carbons (Fsp3) is 0.321. The van der Waals surface area contributed by atoms with E-state index in [-0.39, 0.29) is 12.2 Å². The van der Waals surface area contributed by atoms with Crippen molar-refractivity contribution in [2.24, 2.45) is 4.99 Å². The Morgan fingerprint density at radius 2 is 1.75 bits per heavy atom. The number of hydrogen-bond donors (Lipinski definition) is 0. The largest absolute Gasteiger partial charge is 0.497 e. The van der Waals surface area contributed by atoms with Crippen LogP contribution < -0.4 is 24.5 Å². The lowest BCUT2D eigenvalue weighted by atomic mass is 9.96. The summed E-state index contributed by atoms with van der Waals surface area (Å²) in [6.45, 7) is 9.90. The minimum absolute atomic E-state index is 0.193. The van der Waals surface area contributed by atoms with Crippen LogP contribution in [0.25, 0.3) is 6.08 Å². The van der Waals surface area contributed by atoms with Gasteiger partial charge in [-0.2, -0.15) is 0 Å². The van der Waals surface area contributed by atoms with Crippen LogP contribution in [-0.4, -0.2) is 37.3 Å². The zero-order chi connectivity index (χ0) is 25.8. The number of ether oxygens (including phenoxy) is 2. The summed E-state index contributed by atoms with van der Waals surface area (Å²) in [6, 6.07) is 14.9. The summed E-state index contributed by atoms with van der Waals surface area (Å²) in [6.07, 6.45) is 1.88. The first-order valence-corrected chi connectivity index (χ1v) is 12.9. The number of hydrogen-bond acceptors (Lipinski definition) is 7. The highest BCUT2D eigenvalue weighted by molar-refractivity contribution is 7.07. The standard InChI is InChI=1S/C28H31N3O4S/c1-6-30(7-2)21-13-9-19(10-14-21)17-23-26(32)31-25(20-11-15-22(34-5)16-12-20)24(27(33)35-8-3)18(4)29-28(31)36-23/h9-17,25H,6-8H2,1-5H3/b23-17+/t25-/m1/s1. The van der Waals surface area contributed by atoms with Gasteiger partial charge in [-0.15, -0.1) is 0 Å². The van der Waals surface area contributed by atoms with Crippen LogP contribution in [0.3, 0.4) is 0 Å². The molecule has 0 radical (unpaired) electrons. The van der Waals surface area contributed by atoms with Crippen molar-refractivity contribution < 1.29 is 14.3 Å². The summed E-state index contributed by atoms with van der Waals surface area (Å²) in [4.78, 5) is 34.1. The molecule has 2 heterocycles. The van der Waals surface area contributed by atoms with Gasteiger partial charge in [0.2, 0.25) is 0 Å². The highest BCUT2D eigenvalue weighted by atomic mass is 32.1. The van der Waals surface area contributed by atoms with Crippen molar-refractivity contribution in [2.45, 2.75) is 33.7 Å². The van der Waals surface area contributed by atoms with E-state index in [1.807, 2.05) is 42.5 Å². The monoisotopic (exact) mass is 505 g/mol. The van der Waals surface area contributed by atoms with Gasteiger partial charge in [-0.25, -0.2) is 9.79 Å². The molecule has 1 atom stereocenters. The highest BCUT2D eigenvalue weighted by Gasteiger charge is 2.33. The first-order valence-electron chi connectivity index (χ1n) is 12.1. The Morgan fingerprint density at radius 3 is 2.33 bits per heavy atom. The summed E-state index contributed by atoms with van der Waals surface area (Å²) in [5.74, 6) is 0.221. The number of thiazole rings is 1. The number of fused-ring (bicyclic) bond motifs is 1. The predicted octanol–water partition coefficient (Wildman–Crippen LogP) is 3.65. The Labute approximate surface area is 214 Å². The van der Waals surface area contributed by atoms with Gasteiger partial charge in [-0.3, -0.25) is 9.36 Å². The minimum atomic E-state index is -0.640. The van der Waals surface area contributed by atoms with Crippen molar-refractivity contribution in [1.29, 1.82) is 0 Å². The molecule has 0 spiro atoms. The number of methoxy groups -OCH3 is 1. The molecule has 0 unspecified atom stereocenters. The third-order valence-corrected chi connectivity index (χ3v) is 7.25. The van der Waals surface area contributed by atoms with E-state index in [9.17, 15) is 9.59 Å². The second-order valence-corrected chi connectivity index (χ2v) is 9.35. The van der Waals surface area contributed by atoms with Crippen LogP contribution in [0.5, 0.6) is 5.75 Å². The van der Waals surface area contributed by atoms with Crippen LogP contribution in [-0.2, 0) is 9.53 Å². The molecular weight excluding hydrogens is 474 g/mol. The maximum absolute atomic E-state index is 13.7. The van der Waals surface area contributed by atoms with Crippen LogP contribution in [0.4, 0.5) is 5.69 Å². The Hall–Kier alpha value is -3.65. The van der Waals surface area contributed by atoms with Crippen molar-refractivity contribution in [2.75, 3.05) is 31.7 Å². The van der Waals surface area contributed by atoms with Gasteiger partial charge in [0, 0.05) is 18.8 Å². The van der Waals surface area contributed by atoms with Gasteiger partial charge in [0.25, 0.3) is 5.56 Å². The van der Waals surface area contributed by atoms with Gasteiger partial charge in [0.05, 0.1) is 35.6 Å². The molecule has 0 N–H and O–H groups in total. The molecule has 7 nitrogen and oxygen atoms in total. The van der Waals surface area contributed by atoms with Crippen LogP contribution in [0.2, 0.25) is 0 Å². The molecule has 0 saturated carbocycles. The minimum Gasteiger partial charge on any atom is -0.497 e. The van der Waals surface area contributed by atoms with Crippen LogP contribution in [0.15, 0.2) is 69.6 Å². The molecule has 3 aromatic rings. The van der Waals surface area contributed by atoms with Crippen LogP contribution in [0, 0.1) is 0 Å². The molecule has 1 aromatic heterocycles. The zero-order valence-corrected chi connectivity index (χ0v) is 22.1. The fourth-order valence-corrected chi connectivity index (χ4v) is 5.46. The molecular formula is C28H31N3O4S. The lowest BCUT2D eigenvalue weighted by Crippen LogP contribution is -2.39. The molecule has 1 aliphatic heterocycles. The number of benzene rings is 2. The van der Waals surface area contributed by atoms with E-state index in [1.165, 1.54) is 11.3 Å². The molecule has 1 aliphatic rings. The average Bonchev–Trinajstić information content (AvgIpc) is 3.19. The maximum atomic E-state index is 13.7. The van der Waals surface area contributed by atoms with E-state index >= 15 is 0 Å². The van der Waals surface area contributed by atoms with Gasteiger partial charge in [-0.1, -0.05) is 35.6 Å². The van der Waals surface area contributed by atoms with Gasteiger partial charge in [-0.05, 0) is 69.2 Å². The second-order valence-electron chi connectivity index (χ2n) is 8.34. The topological polar surface area (TPSA) is 73.1 Å². The molecule has 0 aliphatic carbocycles. The number of nitrogens with zero attached hydrogens (tertiary/aromatic N) is 3. The van der Waals surface area contributed by atoms with Crippen molar-refractivity contribution >= 4 is 29.1 Å². The van der Waals surface area contributed by atoms with Crippen molar-refractivity contribution in [3.8, 4) is 5.75 Å². The summed E-state index contributed by atoms with van der Waals surface area (Å²) < 4.78 is 12.8. The molecule has 188 valence electrons. The molecule has 8 heteroatoms. The third-order valence-electron chi connectivity index (χ3n) is 6.27. The van der Waals surface area contributed by atoms with E-state index in [1.54, 1.807) is 25.5 Å².